The van der Waals surface area contributed by atoms with Crippen molar-refractivity contribution in [3.63, 3.8) is 0 Å². The van der Waals surface area contributed by atoms with Gasteiger partial charge in [-0.2, -0.15) is 8.75 Å². The maximum absolute atomic E-state index is 12.8. The van der Waals surface area contributed by atoms with Gasteiger partial charge in [-0.15, -0.1) is 0 Å². The number of piperazine rings is 1. The van der Waals surface area contributed by atoms with Crippen molar-refractivity contribution >= 4 is 29.2 Å². The zero-order chi connectivity index (χ0) is 16.9. The smallest absolute Gasteiger partial charge is 0.275 e. The Morgan fingerprint density at radius 3 is 2.50 bits per heavy atom. The Labute approximate surface area is 142 Å². The van der Waals surface area contributed by atoms with Crippen LogP contribution in [0.1, 0.15) is 10.5 Å². The van der Waals surface area contributed by atoms with Gasteiger partial charge >= 0.3 is 0 Å². The van der Waals surface area contributed by atoms with Crippen molar-refractivity contribution in [1.82, 2.24) is 18.5 Å². The van der Waals surface area contributed by atoms with Crippen LogP contribution in [-0.2, 0) is 4.79 Å². The number of halogens is 1. The van der Waals surface area contributed by atoms with Gasteiger partial charge in [0.15, 0.2) is 5.69 Å². The molecule has 1 N–H and O–H groups in total. The van der Waals surface area contributed by atoms with Gasteiger partial charge in [-0.05, 0) is 24.3 Å². The van der Waals surface area contributed by atoms with Crippen LogP contribution >= 0.6 is 11.7 Å². The third-order valence-corrected chi connectivity index (χ3v) is 4.21. The average molecular weight is 349 g/mol. The standard InChI is InChI=1S/C15H16FN5O2S/c16-11-1-3-12(4-2-11)18-14(22)10-20-5-7-21(8-6-20)15(23)13-9-17-24-19-13/h1-4,9H,5-8,10H2,(H,18,22). The van der Waals surface area contributed by atoms with Crippen LogP contribution in [0.15, 0.2) is 30.5 Å². The summed E-state index contributed by atoms with van der Waals surface area (Å²) in [7, 11) is 0. The van der Waals surface area contributed by atoms with E-state index in [1.54, 1.807) is 4.90 Å². The first-order valence-corrected chi connectivity index (χ1v) is 8.19. The lowest BCUT2D eigenvalue weighted by atomic mass is 10.2. The van der Waals surface area contributed by atoms with Crippen molar-refractivity contribution in [2.24, 2.45) is 0 Å². The van der Waals surface area contributed by atoms with Crippen molar-refractivity contribution in [2.75, 3.05) is 38.0 Å². The monoisotopic (exact) mass is 349 g/mol. The summed E-state index contributed by atoms with van der Waals surface area (Å²) in [4.78, 5) is 27.9. The minimum absolute atomic E-state index is 0.126. The zero-order valence-corrected chi connectivity index (χ0v) is 13.6. The Morgan fingerprint density at radius 2 is 1.88 bits per heavy atom. The minimum atomic E-state index is -0.343. The van der Waals surface area contributed by atoms with E-state index in [0.29, 0.717) is 37.6 Å². The van der Waals surface area contributed by atoms with Crippen LogP contribution < -0.4 is 5.32 Å². The molecule has 1 aromatic heterocycles. The summed E-state index contributed by atoms with van der Waals surface area (Å²) in [6, 6.07) is 5.64. The van der Waals surface area contributed by atoms with Crippen molar-refractivity contribution in [1.29, 1.82) is 0 Å². The number of benzene rings is 1. The summed E-state index contributed by atoms with van der Waals surface area (Å²) in [5.41, 5.74) is 0.925. The normalized spacial score (nSPS) is 15.3. The molecule has 1 aromatic carbocycles. The lowest BCUT2D eigenvalue weighted by molar-refractivity contribution is -0.117. The number of carbonyl (C=O) groups is 2. The second-order valence-corrected chi connectivity index (χ2v) is 5.97. The molecule has 2 aromatic rings. The van der Waals surface area contributed by atoms with E-state index < -0.39 is 0 Å². The maximum atomic E-state index is 12.8. The number of nitrogens with one attached hydrogen (secondary N) is 1. The van der Waals surface area contributed by atoms with Crippen LogP contribution in [0.4, 0.5) is 10.1 Å². The van der Waals surface area contributed by atoms with Gasteiger partial charge in [0.2, 0.25) is 5.91 Å². The first-order valence-electron chi connectivity index (χ1n) is 7.46. The molecule has 1 aliphatic heterocycles. The zero-order valence-electron chi connectivity index (χ0n) is 12.8. The summed E-state index contributed by atoms with van der Waals surface area (Å²) in [5, 5.41) is 2.73. The van der Waals surface area contributed by atoms with Gasteiger partial charge in [0.05, 0.1) is 24.5 Å². The fraction of sp³-hybridized carbons (Fsp3) is 0.333. The fourth-order valence-electron chi connectivity index (χ4n) is 2.47. The molecule has 24 heavy (non-hydrogen) atoms. The Balaban J connectivity index is 1.46. The first kappa shape index (κ1) is 16.5. The van der Waals surface area contributed by atoms with Gasteiger partial charge in [-0.1, -0.05) is 0 Å². The Hall–Kier alpha value is -2.39. The average Bonchev–Trinajstić information content (AvgIpc) is 3.11. The quantitative estimate of drug-likeness (QED) is 0.893. The summed E-state index contributed by atoms with van der Waals surface area (Å²) < 4.78 is 20.6. The Bertz CT molecular complexity index is 699. The highest BCUT2D eigenvalue weighted by atomic mass is 32.1. The Morgan fingerprint density at radius 1 is 1.17 bits per heavy atom. The predicted molar refractivity (Wildman–Crippen MR) is 87.3 cm³/mol. The molecular weight excluding hydrogens is 333 g/mol. The molecule has 0 radical (unpaired) electrons. The topological polar surface area (TPSA) is 78.4 Å². The van der Waals surface area contributed by atoms with Gasteiger partial charge < -0.3 is 10.2 Å². The van der Waals surface area contributed by atoms with Crippen molar-refractivity contribution in [3.8, 4) is 0 Å². The molecule has 126 valence electrons. The molecule has 2 amide bonds. The predicted octanol–water partition coefficient (Wildman–Crippen LogP) is 1.07. The third kappa shape index (κ3) is 4.12. The molecular formula is C15H16FN5O2S. The van der Waals surface area contributed by atoms with Crippen LogP contribution in [0.5, 0.6) is 0 Å². The lowest BCUT2D eigenvalue weighted by Crippen LogP contribution is -2.50. The SMILES string of the molecule is O=C(CN1CCN(C(=O)c2cnsn2)CC1)Nc1ccc(F)cc1. The number of hydrogen-bond acceptors (Lipinski definition) is 6. The molecule has 1 saturated heterocycles. The maximum Gasteiger partial charge on any atom is 0.275 e. The first-order chi connectivity index (χ1) is 11.6. The van der Waals surface area contributed by atoms with E-state index in [0.717, 1.165) is 11.7 Å². The molecule has 0 spiro atoms. The van der Waals surface area contributed by atoms with E-state index >= 15 is 0 Å². The highest BCUT2D eigenvalue weighted by molar-refractivity contribution is 6.99. The number of hydrogen-bond donors (Lipinski definition) is 1. The number of nitrogens with zero attached hydrogens (tertiary/aromatic N) is 4. The summed E-state index contributed by atoms with van der Waals surface area (Å²) in [6.07, 6.45) is 1.47. The molecule has 0 saturated carbocycles. The highest BCUT2D eigenvalue weighted by Gasteiger charge is 2.24. The second kappa shape index (κ2) is 7.45. The van der Waals surface area contributed by atoms with E-state index in [2.05, 4.69) is 14.1 Å². The van der Waals surface area contributed by atoms with Crippen LogP contribution in [0.2, 0.25) is 0 Å². The number of aromatic nitrogens is 2. The van der Waals surface area contributed by atoms with E-state index in [9.17, 15) is 14.0 Å². The van der Waals surface area contributed by atoms with Gasteiger partial charge in [0.25, 0.3) is 5.91 Å². The van der Waals surface area contributed by atoms with Gasteiger partial charge in [0.1, 0.15) is 5.82 Å². The number of rotatable bonds is 4. The molecule has 1 aliphatic rings. The van der Waals surface area contributed by atoms with Gasteiger partial charge in [-0.3, -0.25) is 14.5 Å². The van der Waals surface area contributed by atoms with E-state index in [1.807, 2.05) is 4.90 Å². The summed E-state index contributed by atoms with van der Waals surface area (Å²) >= 11 is 1.01. The van der Waals surface area contributed by atoms with Gasteiger partial charge in [0, 0.05) is 31.9 Å². The van der Waals surface area contributed by atoms with Crippen LogP contribution in [0, 0.1) is 5.82 Å². The van der Waals surface area contributed by atoms with Crippen LogP contribution in [-0.4, -0.2) is 63.1 Å². The number of amides is 2. The molecule has 0 atom stereocenters. The minimum Gasteiger partial charge on any atom is -0.335 e. The van der Waals surface area contributed by atoms with E-state index in [4.69, 9.17) is 0 Å². The molecule has 1 fully saturated rings. The summed E-state index contributed by atoms with van der Waals surface area (Å²) in [6.45, 7) is 2.54. The number of anilines is 1. The molecule has 0 unspecified atom stereocenters. The van der Waals surface area contributed by atoms with Crippen LogP contribution in [0.25, 0.3) is 0 Å². The van der Waals surface area contributed by atoms with Crippen molar-refractivity contribution in [2.45, 2.75) is 0 Å². The van der Waals surface area contributed by atoms with Gasteiger partial charge in [-0.25, -0.2) is 4.39 Å². The summed E-state index contributed by atoms with van der Waals surface area (Å²) in [5.74, 6) is -0.631. The van der Waals surface area contributed by atoms with Crippen molar-refractivity contribution in [3.05, 3.63) is 42.0 Å². The molecule has 9 heteroatoms. The molecule has 3 rings (SSSR count). The Kier molecular flexibility index (Phi) is 5.11. The van der Waals surface area contributed by atoms with Crippen molar-refractivity contribution < 1.29 is 14.0 Å². The highest BCUT2D eigenvalue weighted by Crippen LogP contribution is 2.10. The molecule has 0 aliphatic carbocycles. The lowest BCUT2D eigenvalue weighted by Gasteiger charge is -2.33. The largest absolute Gasteiger partial charge is 0.335 e. The molecule has 0 bridgehead atoms. The van der Waals surface area contributed by atoms with E-state index in [1.165, 1.54) is 30.5 Å². The molecule has 7 nitrogen and oxygen atoms in total. The fourth-order valence-corrected chi connectivity index (χ4v) is 2.87. The number of carbonyl (C=O) groups excluding carboxylic acids is 2. The second-order valence-electron chi connectivity index (χ2n) is 5.42. The van der Waals surface area contributed by atoms with E-state index in [-0.39, 0.29) is 24.2 Å². The van der Waals surface area contributed by atoms with Crippen LogP contribution in [0.3, 0.4) is 0 Å². The molecule has 2 heterocycles. The third-order valence-electron chi connectivity index (χ3n) is 3.74.